The van der Waals surface area contributed by atoms with E-state index >= 15 is 0 Å². The van der Waals surface area contributed by atoms with Gasteiger partial charge in [0.15, 0.2) is 5.78 Å². The summed E-state index contributed by atoms with van der Waals surface area (Å²) in [6, 6.07) is 17.0. The number of hydrogen-bond donors (Lipinski definition) is 1. The zero-order valence-corrected chi connectivity index (χ0v) is 11.5. The molecule has 2 aromatic carbocycles. The van der Waals surface area contributed by atoms with Gasteiger partial charge in [0.2, 0.25) is 0 Å². The Hall–Kier alpha value is -2.53. The summed E-state index contributed by atoms with van der Waals surface area (Å²) in [5.74, 6) is 2.65. The first kappa shape index (κ1) is 13.9. The number of carbonyl (C=O) groups excluding carboxylic acids is 1. The van der Waals surface area contributed by atoms with Crippen molar-refractivity contribution < 1.29 is 4.79 Å². The molecule has 2 nitrogen and oxygen atoms in total. The van der Waals surface area contributed by atoms with E-state index in [1.54, 1.807) is 0 Å². The van der Waals surface area contributed by atoms with Gasteiger partial charge in [-0.25, -0.2) is 0 Å². The second-order valence-electron chi connectivity index (χ2n) is 4.74. The molecule has 2 heteroatoms. The van der Waals surface area contributed by atoms with Gasteiger partial charge in [0, 0.05) is 29.3 Å². The lowest BCUT2D eigenvalue weighted by Crippen LogP contribution is -2.20. The van der Waals surface area contributed by atoms with Crippen molar-refractivity contribution >= 4 is 11.5 Å². The third kappa shape index (κ3) is 3.49. The van der Waals surface area contributed by atoms with Gasteiger partial charge in [-0.3, -0.25) is 4.79 Å². The molecule has 0 saturated carbocycles. The summed E-state index contributed by atoms with van der Waals surface area (Å²) in [5, 5.41) is 3.25. The third-order valence-electron chi connectivity index (χ3n) is 3.15. The second-order valence-corrected chi connectivity index (χ2v) is 4.74. The molecule has 2 aromatic rings. The first-order chi connectivity index (χ1) is 9.70. The first-order valence-corrected chi connectivity index (χ1v) is 6.60. The number of rotatable bonds is 5. The maximum absolute atomic E-state index is 12.2. The highest BCUT2D eigenvalue weighted by Gasteiger charge is 2.14. The Morgan fingerprint density at radius 1 is 1.20 bits per heavy atom. The van der Waals surface area contributed by atoms with Gasteiger partial charge in [-0.05, 0) is 18.2 Å². The molecule has 100 valence electrons. The van der Waals surface area contributed by atoms with Gasteiger partial charge in [-0.15, -0.1) is 6.42 Å². The molecule has 0 aliphatic carbocycles. The van der Waals surface area contributed by atoms with Crippen LogP contribution < -0.4 is 5.32 Å². The molecule has 0 aliphatic heterocycles. The molecule has 20 heavy (non-hydrogen) atoms. The summed E-state index contributed by atoms with van der Waals surface area (Å²) < 4.78 is 0. The largest absolute Gasteiger partial charge is 0.384 e. The number of carbonyl (C=O) groups is 1. The van der Waals surface area contributed by atoms with Gasteiger partial charge in [0.25, 0.3) is 0 Å². The average Bonchev–Trinajstić information content (AvgIpc) is 2.53. The fourth-order valence-corrected chi connectivity index (χ4v) is 1.97. The number of ketones is 1. The van der Waals surface area contributed by atoms with Crippen LogP contribution in [0.3, 0.4) is 0 Å². The molecule has 0 fully saturated rings. The van der Waals surface area contributed by atoms with Crippen molar-refractivity contribution in [3.63, 3.8) is 0 Å². The highest BCUT2D eigenvalue weighted by molar-refractivity contribution is 5.97. The lowest BCUT2D eigenvalue weighted by Gasteiger charge is -2.13. The molecular formula is C18H17NO. The van der Waals surface area contributed by atoms with Crippen molar-refractivity contribution in [1.82, 2.24) is 0 Å². The predicted octanol–water partition coefficient (Wildman–Crippen LogP) is 3.60. The molecule has 1 N–H and O–H groups in total. The van der Waals surface area contributed by atoms with Crippen LogP contribution in [0.1, 0.15) is 22.8 Å². The van der Waals surface area contributed by atoms with Gasteiger partial charge < -0.3 is 5.32 Å². The number of benzene rings is 2. The maximum atomic E-state index is 12.2. The average molecular weight is 263 g/mol. The third-order valence-corrected chi connectivity index (χ3v) is 3.15. The van der Waals surface area contributed by atoms with Crippen LogP contribution in [-0.2, 0) is 0 Å². The van der Waals surface area contributed by atoms with Crippen molar-refractivity contribution in [2.75, 3.05) is 11.9 Å². The van der Waals surface area contributed by atoms with Crippen molar-refractivity contribution in [1.29, 1.82) is 0 Å². The topological polar surface area (TPSA) is 29.1 Å². The van der Waals surface area contributed by atoms with Gasteiger partial charge in [-0.2, -0.15) is 0 Å². The highest BCUT2D eigenvalue weighted by atomic mass is 16.1. The van der Waals surface area contributed by atoms with Crippen LogP contribution in [0.5, 0.6) is 0 Å². The second kappa shape index (κ2) is 6.58. The van der Waals surface area contributed by atoms with Crippen molar-refractivity contribution in [3.8, 4) is 12.3 Å². The maximum Gasteiger partial charge on any atom is 0.167 e. The van der Waals surface area contributed by atoms with E-state index in [2.05, 4.69) is 11.2 Å². The van der Waals surface area contributed by atoms with Crippen molar-refractivity contribution in [3.05, 3.63) is 65.7 Å². The highest BCUT2D eigenvalue weighted by Crippen LogP contribution is 2.13. The smallest absolute Gasteiger partial charge is 0.167 e. The van der Waals surface area contributed by atoms with Crippen LogP contribution in [0.4, 0.5) is 5.69 Å². The number of terminal acetylenes is 1. The predicted molar refractivity (Wildman–Crippen MR) is 82.8 cm³/mol. The Labute approximate surface area is 119 Å². The Morgan fingerprint density at radius 3 is 2.65 bits per heavy atom. The zero-order valence-electron chi connectivity index (χ0n) is 11.5. The number of anilines is 1. The van der Waals surface area contributed by atoms with E-state index in [1.807, 2.05) is 61.5 Å². The van der Waals surface area contributed by atoms with E-state index in [4.69, 9.17) is 6.42 Å². The molecule has 2 rings (SSSR count). The lowest BCUT2D eigenvalue weighted by molar-refractivity contribution is 0.0936. The molecule has 1 unspecified atom stereocenters. The standard InChI is InChI=1S/C18H17NO/c1-3-15-8-7-11-17(12-15)19-13-14(2)18(20)16-9-5-4-6-10-16/h1,4-12,14,19H,13H2,2H3. The fraction of sp³-hybridized carbons (Fsp3) is 0.167. The van der Waals surface area contributed by atoms with E-state index in [1.165, 1.54) is 0 Å². The number of hydrogen-bond acceptors (Lipinski definition) is 2. The summed E-state index contributed by atoms with van der Waals surface area (Å²) >= 11 is 0. The minimum atomic E-state index is -0.0908. The zero-order chi connectivity index (χ0) is 14.4. The molecule has 1 atom stereocenters. The molecule has 0 saturated heterocycles. The Morgan fingerprint density at radius 2 is 1.95 bits per heavy atom. The first-order valence-electron chi connectivity index (χ1n) is 6.60. The van der Waals surface area contributed by atoms with Crippen LogP contribution in [0, 0.1) is 18.3 Å². The fourth-order valence-electron chi connectivity index (χ4n) is 1.97. The summed E-state index contributed by atoms with van der Waals surface area (Å²) in [6.07, 6.45) is 5.37. The quantitative estimate of drug-likeness (QED) is 0.659. The summed E-state index contributed by atoms with van der Waals surface area (Å²) in [6.45, 7) is 2.51. The molecule has 0 heterocycles. The number of Topliss-reactive ketones (excluding diaryl/α,β-unsaturated/α-hetero) is 1. The van der Waals surface area contributed by atoms with Crippen LogP contribution in [-0.4, -0.2) is 12.3 Å². The summed E-state index contributed by atoms with van der Waals surface area (Å²) in [4.78, 5) is 12.2. The van der Waals surface area contributed by atoms with Gasteiger partial charge in [0.1, 0.15) is 0 Å². The van der Waals surface area contributed by atoms with E-state index in [0.717, 1.165) is 16.8 Å². The molecule has 0 radical (unpaired) electrons. The van der Waals surface area contributed by atoms with Crippen molar-refractivity contribution in [2.45, 2.75) is 6.92 Å². The van der Waals surface area contributed by atoms with E-state index < -0.39 is 0 Å². The monoisotopic (exact) mass is 263 g/mol. The van der Waals surface area contributed by atoms with Gasteiger partial charge in [-0.1, -0.05) is 49.2 Å². The van der Waals surface area contributed by atoms with Crippen LogP contribution >= 0.6 is 0 Å². The minimum Gasteiger partial charge on any atom is -0.384 e. The lowest BCUT2D eigenvalue weighted by atomic mass is 9.99. The summed E-state index contributed by atoms with van der Waals surface area (Å²) in [7, 11) is 0. The molecule has 0 bridgehead atoms. The molecular weight excluding hydrogens is 246 g/mol. The Bertz CT molecular complexity index is 625. The SMILES string of the molecule is C#Cc1cccc(NCC(C)C(=O)c2ccccc2)c1. The van der Waals surface area contributed by atoms with Crippen LogP contribution in [0.15, 0.2) is 54.6 Å². The van der Waals surface area contributed by atoms with E-state index in [9.17, 15) is 4.79 Å². The van der Waals surface area contributed by atoms with E-state index in [0.29, 0.717) is 6.54 Å². The Balaban J connectivity index is 1.97. The van der Waals surface area contributed by atoms with E-state index in [-0.39, 0.29) is 11.7 Å². The molecule has 0 spiro atoms. The van der Waals surface area contributed by atoms with Gasteiger partial charge >= 0.3 is 0 Å². The minimum absolute atomic E-state index is 0.0908. The van der Waals surface area contributed by atoms with Gasteiger partial charge in [0.05, 0.1) is 0 Å². The van der Waals surface area contributed by atoms with Crippen molar-refractivity contribution in [2.24, 2.45) is 5.92 Å². The molecule has 0 aliphatic rings. The Kier molecular flexibility index (Phi) is 4.57. The van der Waals surface area contributed by atoms with Crippen LogP contribution in [0.25, 0.3) is 0 Å². The molecule has 0 aromatic heterocycles. The number of nitrogens with one attached hydrogen (secondary N) is 1. The summed E-state index contributed by atoms with van der Waals surface area (Å²) in [5.41, 5.74) is 2.52. The normalized spacial score (nSPS) is 11.4. The molecule has 0 amide bonds. The van der Waals surface area contributed by atoms with Crippen LogP contribution in [0.2, 0.25) is 0 Å².